The highest BCUT2D eigenvalue weighted by atomic mass is 32.2. The number of nitrogens with zero attached hydrogens (tertiary/aromatic N) is 4. The largest absolute Gasteiger partial charge is 0.462 e. The van der Waals surface area contributed by atoms with Crippen LogP contribution in [0.15, 0.2) is 35.9 Å². The molecule has 3 heterocycles. The zero-order valence-electron chi connectivity index (χ0n) is 13.4. The first-order chi connectivity index (χ1) is 11.6. The number of carbonyl (C=O) groups excluding carboxylic acids is 1. The first-order valence-electron chi connectivity index (χ1n) is 7.44. The highest BCUT2D eigenvalue weighted by molar-refractivity contribution is 7.98. The van der Waals surface area contributed by atoms with Gasteiger partial charge in [-0.15, -0.1) is 0 Å². The van der Waals surface area contributed by atoms with Crippen LogP contribution in [-0.4, -0.2) is 31.9 Å². The van der Waals surface area contributed by atoms with Crippen molar-refractivity contribution in [1.29, 1.82) is 0 Å². The van der Waals surface area contributed by atoms with Crippen LogP contribution in [0.2, 0.25) is 0 Å². The molecule has 0 aliphatic carbocycles. The maximum atomic E-state index is 11.7. The summed E-state index contributed by atoms with van der Waals surface area (Å²) < 4.78 is 6.89. The van der Waals surface area contributed by atoms with Crippen LogP contribution in [0.5, 0.6) is 0 Å². The van der Waals surface area contributed by atoms with Crippen LogP contribution in [0.1, 0.15) is 28.5 Å². The van der Waals surface area contributed by atoms with E-state index in [0.29, 0.717) is 10.9 Å². The molecular weight excluding hydrogens is 326 g/mol. The maximum absolute atomic E-state index is 11.7. The van der Waals surface area contributed by atoms with Crippen molar-refractivity contribution in [2.45, 2.75) is 24.8 Å². The van der Waals surface area contributed by atoms with Crippen molar-refractivity contribution in [1.82, 2.24) is 19.4 Å². The van der Waals surface area contributed by atoms with Gasteiger partial charge in [-0.25, -0.2) is 19.7 Å². The number of carbonyl (C=O) groups is 1. The Morgan fingerprint density at radius 2 is 2.25 bits per heavy atom. The molecule has 0 saturated heterocycles. The number of thioether (sulfide) groups is 1. The number of hydrogen-bond acceptors (Lipinski definition) is 7. The van der Waals surface area contributed by atoms with Gasteiger partial charge in [-0.3, -0.25) is 0 Å². The van der Waals surface area contributed by atoms with Crippen molar-refractivity contribution in [2.24, 2.45) is 0 Å². The number of fused-ring (bicyclic) bond motifs is 1. The first kappa shape index (κ1) is 16.3. The predicted octanol–water partition coefficient (Wildman–Crippen LogP) is 2.48. The number of anilines is 1. The lowest BCUT2D eigenvalue weighted by molar-refractivity contribution is 0.0526. The van der Waals surface area contributed by atoms with E-state index in [2.05, 4.69) is 15.0 Å². The summed E-state index contributed by atoms with van der Waals surface area (Å²) in [5.41, 5.74) is 8.98. The van der Waals surface area contributed by atoms with E-state index in [-0.39, 0.29) is 18.0 Å². The van der Waals surface area contributed by atoms with Crippen LogP contribution < -0.4 is 5.73 Å². The third-order valence-corrected chi connectivity index (χ3v) is 4.26. The Labute approximate surface area is 143 Å². The number of pyridine rings is 1. The number of aromatic nitrogens is 4. The van der Waals surface area contributed by atoms with E-state index >= 15 is 0 Å². The number of rotatable bonds is 5. The SMILES string of the molecule is CCOC(=O)c1cnc(SCc2cn3cccc(C)c3n2)nc1N. The van der Waals surface area contributed by atoms with Gasteiger partial charge >= 0.3 is 5.97 Å². The monoisotopic (exact) mass is 343 g/mol. The summed E-state index contributed by atoms with van der Waals surface area (Å²) in [5.74, 6) is 0.221. The van der Waals surface area contributed by atoms with Crippen LogP contribution >= 0.6 is 11.8 Å². The summed E-state index contributed by atoms with van der Waals surface area (Å²) in [6.07, 6.45) is 5.34. The highest BCUT2D eigenvalue weighted by Crippen LogP contribution is 2.22. The molecule has 0 bridgehead atoms. The number of ether oxygens (including phenoxy) is 1. The van der Waals surface area contributed by atoms with Gasteiger partial charge in [-0.2, -0.15) is 0 Å². The molecule has 0 aliphatic heterocycles. The fourth-order valence-electron chi connectivity index (χ4n) is 2.23. The van der Waals surface area contributed by atoms with Crippen molar-refractivity contribution in [3.8, 4) is 0 Å². The van der Waals surface area contributed by atoms with Gasteiger partial charge in [0.05, 0.1) is 12.3 Å². The minimum Gasteiger partial charge on any atom is -0.462 e. The van der Waals surface area contributed by atoms with Gasteiger partial charge < -0.3 is 14.9 Å². The van der Waals surface area contributed by atoms with Crippen LogP contribution in [-0.2, 0) is 10.5 Å². The Balaban J connectivity index is 1.73. The van der Waals surface area contributed by atoms with Gasteiger partial charge in [0, 0.05) is 24.3 Å². The third kappa shape index (κ3) is 3.33. The molecule has 24 heavy (non-hydrogen) atoms. The number of nitrogen functional groups attached to an aromatic ring is 1. The molecule has 2 N–H and O–H groups in total. The van der Waals surface area contributed by atoms with E-state index in [1.165, 1.54) is 18.0 Å². The molecule has 0 atom stereocenters. The second kappa shape index (κ2) is 6.88. The summed E-state index contributed by atoms with van der Waals surface area (Å²) in [6, 6.07) is 4.01. The summed E-state index contributed by atoms with van der Waals surface area (Å²) in [5, 5.41) is 0.495. The lowest BCUT2D eigenvalue weighted by atomic mass is 10.3. The first-order valence-corrected chi connectivity index (χ1v) is 8.42. The lowest BCUT2D eigenvalue weighted by Crippen LogP contribution is -2.10. The standard InChI is InChI=1S/C16H17N5O2S/c1-3-23-15(22)12-7-18-16(20-13(12)17)24-9-11-8-21-6-4-5-10(2)14(21)19-11/h4-8H,3,9H2,1-2H3,(H2,17,18,20). The molecule has 3 aromatic heterocycles. The van der Waals surface area contributed by atoms with E-state index in [9.17, 15) is 4.79 Å². The van der Waals surface area contributed by atoms with Crippen molar-refractivity contribution >= 4 is 29.2 Å². The van der Waals surface area contributed by atoms with E-state index < -0.39 is 5.97 Å². The van der Waals surface area contributed by atoms with Gasteiger partial charge in [0.25, 0.3) is 0 Å². The van der Waals surface area contributed by atoms with Crippen molar-refractivity contribution < 1.29 is 9.53 Å². The number of nitrogens with two attached hydrogens (primary N) is 1. The molecule has 3 aromatic rings. The van der Waals surface area contributed by atoms with E-state index in [1.54, 1.807) is 6.92 Å². The maximum Gasteiger partial charge on any atom is 0.343 e. The molecule has 0 unspecified atom stereocenters. The highest BCUT2D eigenvalue weighted by Gasteiger charge is 2.14. The minimum atomic E-state index is -0.512. The molecule has 0 spiro atoms. The number of aryl methyl sites for hydroxylation is 1. The molecular formula is C16H17N5O2S. The summed E-state index contributed by atoms with van der Waals surface area (Å²) >= 11 is 1.41. The lowest BCUT2D eigenvalue weighted by Gasteiger charge is -2.05. The zero-order chi connectivity index (χ0) is 17.1. The number of hydrogen-bond donors (Lipinski definition) is 1. The summed E-state index contributed by atoms with van der Waals surface area (Å²) in [6.45, 7) is 4.04. The fraction of sp³-hybridized carbons (Fsp3) is 0.250. The molecule has 7 nitrogen and oxygen atoms in total. The fourth-order valence-corrected chi connectivity index (χ4v) is 2.93. The van der Waals surface area contributed by atoms with Crippen molar-refractivity contribution in [3.63, 3.8) is 0 Å². The molecule has 0 aliphatic rings. The predicted molar refractivity (Wildman–Crippen MR) is 91.9 cm³/mol. The second-order valence-corrected chi connectivity index (χ2v) is 6.06. The molecule has 124 valence electrons. The average Bonchev–Trinajstić information content (AvgIpc) is 2.98. The number of esters is 1. The Morgan fingerprint density at radius 1 is 1.42 bits per heavy atom. The topological polar surface area (TPSA) is 95.4 Å². The normalized spacial score (nSPS) is 10.9. The second-order valence-electron chi connectivity index (χ2n) is 5.11. The van der Waals surface area contributed by atoms with E-state index in [1.807, 2.05) is 35.9 Å². The summed E-state index contributed by atoms with van der Waals surface area (Å²) in [4.78, 5) is 24.6. The Morgan fingerprint density at radius 3 is 2.96 bits per heavy atom. The van der Waals surface area contributed by atoms with Crippen LogP contribution in [0.3, 0.4) is 0 Å². The third-order valence-electron chi connectivity index (χ3n) is 3.37. The molecule has 0 amide bonds. The molecule has 8 heteroatoms. The molecule has 3 rings (SSSR count). The van der Waals surface area contributed by atoms with Crippen LogP contribution in [0, 0.1) is 6.92 Å². The molecule has 0 aromatic carbocycles. The Bertz CT molecular complexity index is 893. The minimum absolute atomic E-state index is 0.122. The molecule has 0 radical (unpaired) electrons. The quantitative estimate of drug-likeness (QED) is 0.432. The Hall–Kier alpha value is -2.61. The van der Waals surface area contributed by atoms with Crippen LogP contribution in [0.25, 0.3) is 5.65 Å². The molecule has 0 saturated carbocycles. The number of imidazole rings is 1. The average molecular weight is 343 g/mol. The zero-order valence-corrected chi connectivity index (χ0v) is 14.2. The van der Waals surface area contributed by atoms with E-state index in [0.717, 1.165) is 16.9 Å². The molecule has 0 fully saturated rings. The van der Waals surface area contributed by atoms with Crippen molar-refractivity contribution in [3.05, 3.63) is 47.5 Å². The van der Waals surface area contributed by atoms with Crippen molar-refractivity contribution in [2.75, 3.05) is 12.3 Å². The summed E-state index contributed by atoms with van der Waals surface area (Å²) in [7, 11) is 0. The van der Waals surface area contributed by atoms with Gasteiger partial charge in [-0.05, 0) is 25.5 Å². The smallest absolute Gasteiger partial charge is 0.343 e. The van der Waals surface area contributed by atoms with E-state index in [4.69, 9.17) is 10.5 Å². The van der Waals surface area contributed by atoms with Gasteiger partial charge in [0.1, 0.15) is 17.0 Å². The van der Waals surface area contributed by atoms with Gasteiger partial charge in [0.15, 0.2) is 5.16 Å². The van der Waals surface area contributed by atoms with Gasteiger partial charge in [-0.1, -0.05) is 17.8 Å². The Kier molecular flexibility index (Phi) is 4.66. The van der Waals surface area contributed by atoms with Crippen LogP contribution in [0.4, 0.5) is 5.82 Å². The van der Waals surface area contributed by atoms with Gasteiger partial charge in [0.2, 0.25) is 0 Å².